The third-order valence-electron chi connectivity index (χ3n) is 3.96. The van der Waals surface area contributed by atoms with Crippen LogP contribution in [0.1, 0.15) is 40.0 Å². The summed E-state index contributed by atoms with van der Waals surface area (Å²) in [5, 5.41) is 2.99. The lowest BCUT2D eigenvalue weighted by Gasteiger charge is -2.40. The SMILES string of the molecule is CC(C)(C)OC(=O)NC1CC2CC(CN)CC21.Cl. The summed E-state index contributed by atoms with van der Waals surface area (Å²) in [6, 6.07) is 0.311. The molecule has 0 saturated heterocycles. The summed E-state index contributed by atoms with van der Waals surface area (Å²) >= 11 is 0. The van der Waals surface area contributed by atoms with Crippen LogP contribution < -0.4 is 11.1 Å². The second-order valence-electron chi connectivity index (χ2n) is 6.49. The molecular weight excluding hydrogens is 252 g/mol. The van der Waals surface area contributed by atoms with E-state index < -0.39 is 5.60 Å². The molecule has 2 saturated carbocycles. The van der Waals surface area contributed by atoms with Gasteiger partial charge in [0.2, 0.25) is 0 Å². The summed E-state index contributed by atoms with van der Waals surface area (Å²) in [5.41, 5.74) is 5.29. The van der Waals surface area contributed by atoms with Crippen LogP contribution in [-0.4, -0.2) is 24.3 Å². The Morgan fingerprint density at radius 3 is 2.56 bits per heavy atom. The number of carbonyl (C=O) groups excluding carboxylic acids is 1. The highest BCUT2D eigenvalue weighted by Crippen LogP contribution is 2.49. The number of rotatable bonds is 2. The van der Waals surface area contributed by atoms with Gasteiger partial charge in [-0.05, 0) is 64.3 Å². The number of amides is 1. The van der Waals surface area contributed by atoms with Gasteiger partial charge in [0.05, 0.1) is 0 Å². The van der Waals surface area contributed by atoms with Gasteiger partial charge < -0.3 is 15.8 Å². The summed E-state index contributed by atoms with van der Waals surface area (Å²) in [4.78, 5) is 11.6. The molecule has 106 valence electrons. The fourth-order valence-corrected chi connectivity index (χ4v) is 3.16. The molecule has 0 heterocycles. The highest BCUT2D eigenvalue weighted by molar-refractivity contribution is 5.85. The van der Waals surface area contributed by atoms with Crippen molar-refractivity contribution in [3.8, 4) is 0 Å². The molecule has 2 rings (SSSR count). The van der Waals surface area contributed by atoms with Crippen LogP contribution in [-0.2, 0) is 4.74 Å². The first-order valence-electron chi connectivity index (χ1n) is 6.58. The fourth-order valence-electron chi connectivity index (χ4n) is 3.16. The van der Waals surface area contributed by atoms with Gasteiger partial charge in [-0.25, -0.2) is 4.79 Å². The van der Waals surface area contributed by atoms with Crippen LogP contribution in [0.25, 0.3) is 0 Å². The van der Waals surface area contributed by atoms with Crippen molar-refractivity contribution >= 4 is 18.5 Å². The molecule has 0 radical (unpaired) electrons. The van der Waals surface area contributed by atoms with Crippen LogP contribution in [0.15, 0.2) is 0 Å². The highest BCUT2D eigenvalue weighted by Gasteiger charge is 2.47. The van der Waals surface area contributed by atoms with Crippen molar-refractivity contribution in [2.45, 2.75) is 51.7 Å². The Hall–Kier alpha value is -0.480. The molecule has 4 atom stereocenters. The summed E-state index contributed by atoms with van der Waals surface area (Å²) in [6.07, 6.45) is 3.23. The molecule has 0 aromatic carbocycles. The highest BCUT2D eigenvalue weighted by atomic mass is 35.5. The van der Waals surface area contributed by atoms with Gasteiger partial charge in [-0.3, -0.25) is 0 Å². The number of halogens is 1. The van der Waals surface area contributed by atoms with Crippen molar-refractivity contribution in [3.63, 3.8) is 0 Å². The third-order valence-corrected chi connectivity index (χ3v) is 3.96. The predicted octanol–water partition coefficient (Wildman–Crippen LogP) is 2.31. The van der Waals surface area contributed by atoms with Gasteiger partial charge in [0, 0.05) is 6.04 Å². The molecule has 0 spiro atoms. The van der Waals surface area contributed by atoms with E-state index in [1.165, 1.54) is 12.8 Å². The smallest absolute Gasteiger partial charge is 0.407 e. The first-order chi connectivity index (χ1) is 7.89. The number of alkyl carbamates (subject to hydrolysis) is 1. The number of nitrogens with one attached hydrogen (secondary N) is 1. The van der Waals surface area contributed by atoms with E-state index in [1.807, 2.05) is 20.8 Å². The Labute approximate surface area is 115 Å². The van der Waals surface area contributed by atoms with Crippen molar-refractivity contribution in [2.24, 2.45) is 23.5 Å². The van der Waals surface area contributed by atoms with Gasteiger partial charge in [-0.2, -0.15) is 0 Å². The molecule has 2 aliphatic carbocycles. The Balaban J connectivity index is 0.00000162. The number of hydrogen-bond donors (Lipinski definition) is 2. The Kier molecular flexibility index (Phi) is 4.90. The van der Waals surface area contributed by atoms with E-state index in [0.29, 0.717) is 17.9 Å². The van der Waals surface area contributed by atoms with Gasteiger partial charge in [0.1, 0.15) is 5.60 Å². The zero-order chi connectivity index (χ0) is 12.6. The minimum absolute atomic E-state index is 0. The Bertz CT molecular complexity index is 304. The monoisotopic (exact) mass is 276 g/mol. The maximum atomic E-state index is 11.6. The number of hydrogen-bond acceptors (Lipinski definition) is 3. The van der Waals surface area contributed by atoms with E-state index >= 15 is 0 Å². The Morgan fingerprint density at radius 1 is 1.33 bits per heavy atom. The first-order valence-corrected chi connectivity index (χ1v) is 6.58. The number of carbonyl (C=O) groups is 1. The minimum atomic E-state index is -0.414. The van der Waals surface area contributed by atoms with Crippen LogP contribution in [0.5, 0.6) is 0 Å². The third kappa shape index (κ3) is 3.51. The molecule has 2 fully saturated rings. The molecular formula is C13H25ClN2O2. The van der Waals surface area contributed by atoms with Crippen molar-refractivity contribution in [1.29, 1.82) is 0 Å². The van der Waals surface area contributed by atoms with Crippen LogP contribution in [0, 0.1) is 17.8 Å². The zero-order valence-corrected chi connectivity index (χ0v) is 12.3. The van der Waals surface area contributed by atoms with Crippen LogP contribution in [0.4, 0.5) is 4.79 Å². The molecule has 1 amide bonds. The molecule has 18 heavy (non-hydrogen) atoms. The maximum Gasteiger partial charge on any atom is 0.407 e. The molecule has 0 aromatic rings. The summed E-state index contributed by atoms with van der Waals surface area (Å²) < 4.78 is 5.27. The van der Waals surface area contributed by atoms with E-state index in [-0.39, 0.29) is 18.5 Å². The average molecular weight is 277 g/mol. The summed E-state index contributed by atoms with van der Waals surface area (Å²) in [5.74, 6) is 2.08. The van der Waals surface area contributed by atoms with Gasteiger partial charge >= 0.3 is 6.09 Å². The van der Waals surface area contributed by atoms with Crippen LogP contribution in [0.3, 0.4) is 0 Å². The molecule has 3 N–H and O–H groups in total. The Morgan fingerprint density at radius 2 is 2.00 bits per heavy atom. The van der Waals surface area contributed by atoms with Gasteiger partial charge in [0.15, 0.2) is 0 Å². The first kappa shape index (κ1) is 15.6. The fraction of sp³-hybridized carbons (Fsp3) is 0.923. The molecule has 0 bridgehead atoms. The van der Waals surface area contributed by atoms with E-state index in [2.05, 4.69) is 5.32 Å². The molecule has 2 aliphatic rings. The lowest BCUT2D eigenvalue weighted by atomic mass is 9.71. The normalized spacial score (nSPS) is 34.0. The number of nitrogens with two attached hydrogens (primary N) is 1. The molecule has 0 aromatic heterocycles. The lowest BCUT2D eigenvalue weighted by molar-refractivity contribution is 0.0385. The number of fused-ring (bicyclic) bond motifs is 1. The van der Waals surface area contributed by atoms with Gasteiger partial charge in [0.25, 0.3) is 0 Å². The van der Waals surface area contributed by atoms with Crippen molar-refractivity contribution < 1.29 is 9.53 Å². The van der Waals surface area contributed by atoms with E-state index in [1.54, 1.807) is 0 Å². The summed E-state index contributed by atoms with van der Waals surface area (Å²) in [6.45, 7) is 6.44. The number of ether oxygens (including phenoxy) is 1. The summed E-state index contributed by atoms with van der Waals surface area (Å²) in [7, 11) is 0. The topological polar surface area (TPSA) is 64.3 Å². The van der Waals surface area contributed by atoms with E-state index in [9.17, 15) is 4.79 Å². The lowest BCUT2D eigenvalue weighted by Crippen LogP contribution is -2.51. The van der Waals surface area contributed by atoms with Crippen molar-refractivity contribution in [2.75, 3.05) is 6.54 Å². The maximum absolute atomic E-state index is 11.6. The molecule has 4 nitrogen and oxygen atoms in total. The van der Waals surface area contributed by atoms with Crippen LogP contribution in [0.2, 0.25) is 0 Å². The largest absolute Gasteiger partial charge is 0.444 e. The van der Waals surface area contributed by atoms with E-state index in [0.717, 1.165) is 18.9 Å². The van der Waals surface area contributed by atoms with Crippen molar-refractivity contribution in [1.82, 2.24) is 5.32 Å². The standard InChI is InChI=1S/C13H24N2O2.ClH/c1-13(2,3)17-12(16)15-11-6-9-4-8(7-14)5-10(9)11;/h8-11H,4-7,14H2,1-3H3,(H,15,16);1H. The second kappa shape index (κ2) is 5.66. The molecule has 4 unspecified atom stereocenters. The van der Waals surface area contributed by atoms with Crippen LogP contribution >= 0.6 is 12.4 Å². The van der Waals surface area contributed by atoms with Crippen molar-refractivity contribution in [3.05, 3.63) is 0 Å². The second-order valence-corrected chi connectivity index (χ2v) is 6.49. The predicted molar refractivity (Wildman–Crippen MR) is 73.8 cm³/mol. The molecule has 0 aliphatic heterocycles. The quantitative estimate of drug-likeness (QED) is 0.813. The zero-order valence-electron chi connectivity index (χ0n) is 11.4. The van der Waals surface area contributed by atoms with Gasteiger partial charge in [-0.1, -0.05) is 0 Å². The van der Waals surface area contributed by atoms with Gasteiger partial charge in [-0.15, -0.1) is 12.4 Å². The average Bonchev–Trinajstić information content (AvgIpc) is 2.49. The minimum Gasteiger partial charge on any atom is -0.444 e. The molecule has 5 heteroatoms. The van der Waals surface area contributed by atoms with E-state index in [4.69, 9.17) is 10.5 Å².